The maximum absolute atomic E-state index is 2.40. The highest BCUT2D eigenvalue weighted by Gasteiger charge is 2.15. The van der Waals surface area contributed by atoms with Crippen LogP contribution in [0.5, 0.6) is 0 Å². The molecule has 0 fully saturated rings. The van der Waals surface area contributed by atoms with Gasteiger partial charge in [0.1, 0.15) is 0 Å². The molecule has 0 nitrogen and oxygen atoms in total. The summed E-state index contributed by atoms with van der Waals surface area (Å²) in [7, 11) is 0.710. The van der Waals surface area contributed by atoms with Crippen LogP contribution in [0, 0.1) is 11.8 Å². The zero-order valence-electron chi connectivity index (χ0n) is 11.6. The van der Waals surface area contributed by atoms with Gasteiger partial charge in [0, 0.05) is 0 Å². The Morgan fingerprint density at radius 2 is 1.07 bits per heavy atom. The minimum Gasteiger partial charge on any atom is -0.102 e. The first-order valence-electron chi connectivity index (χ1n) is 6.44. The van der Waals surface area contributed by atoms with E-state index in [-0.39, 0.29) is 0 Å². The molecular weight excluding hydrogens is 218 g/mol. The van der Waals surface area contributed by atoms with Crippen molar-refractivity contribution in [2.24, 2.45) is 11.8 Å². The van der Waals surface area contributed by atoms with E-state index in [2.05, 4.69) is 41.5 Å². The van der Waals surface area contributed by atoms with Crippen LogP contribution >= 0.6 is 15.8 Å². The van der Waals surface area contributed by atoms with Crippen LogP contribution in [-0.2, 0) is 0 Å². The Morgan fingerprint density at radius 3 is 1.27 bits per heavy atom. The predicted molar refractivity (Wildman–Crippen MR) is 79.2 cm³/mol. The molecule has 0 heterocycles. The number of rotatable bonds is 8. The first kappa shape index (κ1) is 15.9. The molecule has 0 radical (unpaired) electrons. The van der Waals surface area contributed by atoms with E-state index in [0.717, 1.165) is 11.8 Å². The van der Waals surface area contributed by atoms with E-state index in [0.29, 0.717) is 15.8 Å². The van der Waals surface area contributed by atoms with Crippen LogP contribution in [0.4, 0.5) is 0 Å². The first-order chi connectivity index (χ1) is 6.99. The molecule has 0 amide bonds. The molecular formula is C13H30P2. The minimum atomic E-state index is 0.355. The van der Waals surface area contributed by atoms with Crippen molar-refractivity contribution in [3.8, 4) is 0 Å². The highest BCUT2D eigenvalue weighted by atomic mass is 31.2. The molecule has 0 rings (SSSR count). The van der Waals surface area contributed by atoms with Crippen molar-refractivity contribution in [2.75, 3.05) is 30.6 Å². The standard InChI is InChI=1S/C13H30P2/c1-7-14(9-12(3)4)11-15(8-2)10-13(5)6/h12-13H,7-11H2,1-6H3. The van der Waals surface area contributed by atoms with Gasteiger partial charge in [0.05, 0.1) is 0 Å². The van der Waals surface area contributed by atoms with Crippen molar-refractivity contribution in [3.63, 3.8) is 0 Å². The van der Waals surface area contributed by atoms with Crippen LogP contribution in [0.3, 0.4) is 0 Å². The quantitative estimate of drug-likeness (QED) is 0.514. The zero-order chi connectivity index (χ0) is 11.8. The Hall–Kier alpha value is 0.860. The van der Waals surface area contributed by atoms with Gasteiger partial charge in [-0.25, -0.2) is 0 Å². The topological polar surface area (TPSA) is 0 Å². The van der Waals surface area contributed by atoms with Crippen molar-refractivity contribution in [1.29, 1.82) is 0 Å². The SMILES string of the molecule is CCP(CC(C)C)CP(CC)CC(C)C. The van der Waals surface area contributed by atoms with Crippen LogP contribution in [0.1, 0.15) is 41.5 Å². The summed E-state index contributed by atoms with van der Waals surface area (Å²) >= 11 is 0. The summed E-state index contributed by atoms with van der Waals surface area (Å²) < 4.78 is 0. The zero-order valence-corrected chi connectivity index (χ0v) is 13.4. The summed E-state index contributed by atoms with van der Waals surface area (Å²) in [6.07, 6.45) is 5.90. The molecule has 0 aromatic heterocycles. The highest BCUT2D eigenvalue weighted by molar-refractivity contribution is 7.74. The molecule has 2 heteroatoms. The molecule has 0 saturated carbocycles. The van der Waals surface area contributed by atoms with E-state index in [9.17, 15) is 0 Å². The minimum absolute atomic E-state index is 0.355. The average molecular weight is 248 g/mol. The van der Waals surface area contributed by atoms with E-state index in [1.807, 2.05) is 0 Å². The molecule has 0 aromatic rings. The Bertz CT molecular complexity index is 127. The van der Waals surface area contributed by atoms with Gasteiger partial charge in [0.2, 0.25) is 0 Å². The van der Waals surface area contributed by atoms with Gasteiger partial charge >= 0.3 is 0 Å². The van der Waals surface area contributed by atoms with Gasteiger partial charge in [0.15, 0.2) is 0 Å². The van der Waals surface area contributed by atoms with Crippen molar-refractivity contribution in [3.05, 3.63) is 0 Å². The van der Waals surface area contributed by atoms with Crippen LogP contribution in [-0.4, -0.2) is 30.6 Å². The Morgan fingerprint density at radius 1 is 0.733 bits per heavy atom. The fraction of sp³-hybridized carbons (Fsp3) is 1.00. The van der Waals surface area contributed by atoms with Gasteiger partial charge in [0.25, 0.3) is 0 Å². The van der Waals surface area contributed by atoms with E-state index in [1.54, 1.807) is 5.90 Å². The summed E-state index contributed by atoms with van der Waals surface area (Å²) in [5.74, 6) is 3.40. The lowest BCUT2D eigenvalue weighted by molar-refractivity contribution is 0.741. The normalized spacial score (nSPS) is 16.0. The Labute approximate surface area is 100 Å². The van der Waals surface area contributed by atoms with E-state index >= 15 is 0 Å². The van der Waals surface area contributed by atoms with Crippen LogP contribution in [0.15, 0.2) is 0 Å². The fourth-order valence-corrected chi connectivity index (χ4v) is 9.26. The molecule has 0 aliphatic carbocycles. The second-order valence-electron chi connectivity index (χ2n) is 5.27. The second-order valence-corrected chi connectivity index (χ2v) is 11.1. The maximum atomic E-state index is 2.40. The maximum Gasteiger partial charge on any atom is -0.0120 e. The lowest BCUT2D eigenvalue weighted by atomic mass is 10.3. The number of hydrogen-bond donors (Lipinski definition) is 0. The largest absolute Gasteiger partial charge is 0.102 e. The molecule has 92 valence electrons. The van der Waals surface area contributed by atoms with Crippen LogP contribution < -0.4 is 0 Å². The van der Waals surface area contributed by atoms with Crippen LogP contribution in [0.25, 0.3) is 0 Å². The summed E-state index contributed by atoms with van der Waals surface area (Å²) in [6, 6.07) is 0. The van der Waals surface area contributed by atoms with Gasteiger partial charge in [-0.2, -0.15) is 0 Å². The summed E-state index contributed by atoms with van der Waals surface area (Å²) in [5.41, 5.74) is 0. The molecule has 0 spiro atoms. The van der Waals surface area contributed by atoms with Crippen LogP contribution in [0.2, 0.25) is 0 Å². The predicted octanol–water partition coefficient (Wildman–Crippen LogP) is 5.26. The third-order valence-electron chi connectivity index (χ3n) is 2.54. The molecule has 0 aromatic carbocycles. The lowest BCUT2D eigenvalue weighted by Gasteiger charge is -2.25. The summed E-state index contributed by atoms with van der Waals surface area (Å²) in [6.45, 7) is 14.3. The molecule has 0 saturated heterocycles. The molecule has 0 aliphatic rings. The van der Waals surface area contributed by atoms with E-state index in [1.165, 1.54) is 24.6 Å². The van der Waals surface area contributed by atoms with Gasteiger partial charge < -0.3 is 0 Å². The first-order valence-corrected chi connectivity index (χ1v) is 10.2. The molecule has 2 unspecified atom stereocenters. The van der Waals surface area contributed by atoms with Crippen molar-refractivity contribution in [2.45, 2.75) is 41.5 Å². The van der Waals surface area contributed by atoms with E-state index in [4.69, 9.17) is 0 Å². The average Bonchev–Trinajstić information content (AvgIpc) is 2.14. The summed E-state index contributed by atoms with van der Waals surface area (Å²) in [5, 5.41) is 0. The molecule has 15 heavy (non-hydrogen) atoms. The second kappa shape index (κ2) is 8.95. The Kier molecular flexibility index (Phi) is 9.46. The third-order valence-corrected chi connectivity index (χ3v) is 10.0. The van der Waals surface area contributed by atoms with Crippen molar-refractivity contribution >= 4 is 15.8 Å². The molecule has 0 bridgehead atoms. The van der Waals surface area contributed by atoms with Gasteiger partial charge in [-0.05, 0) is 42.4 Å². The van der Waals surface area contributed by atoms with Crippen molar-refractivity contribution < 1.29 is 0 Å². The molecule has 0 N–H and O–H groups in total. The number of hydrogen-bond acceptors (Lipinski definition) is 0. The van der Waals surface area contributed by atoms with Gasteiger partial charge in [-0.15, -0.1) is 15.8 Å². The lowest BCUT2D eigenvalue weighted by Crippen LogP contribution is -2.03. The monoisotopic (exact) mass is 248 g/mol. The Balaban J connectivity index is 3.99. The highest BCUT2D eigenvalue weighted by Crippen LogP contribution is 2.52. The molecule has 0 aliphatic heterocycles. The van der Waals surface area contributed by atoms with Gasteiger partial charge in [-0.3, -0.25) is 0 Å². The van der Waals surface area contributed by atoms with Gasteiger partial charge in [-0.1, -0.05) is 41.5 Å². The van der Waals surface area contributed by atoms with Crippen molar-refractivity contribution in [1.82, 2.24) is 0 Å². The summed E-state index contributed by atoms with van der Waals surface area (Å²) in [4.78, 5) is 0. The third kappa shape index (κ3) is 8.65. The van der Waals surface area contributed by atoms with E-state index < -0.39 is 0 Å². The fourth-order valence-electron chi connectivity index (χ4n) is 1.89. The smallest absolute Gasteiger partial charge is 0.0120 e. The molecule has 2 atom stereocenters.